The summed E-state index contributed by atoms with van der Waals surface area (Å²) in [5.74, 6) is -1.19. The van der Waals surface area contributed by atoms with Crippen LogP contribution >= 0.6 is 11.3 Å². The van der Waals surface area contributed by atoms with Crippen molar-refractivity contribution in [1.29, 1.82) is 0 Å². The molecule has 3 rings (SSSR count). The molecule has 0 unspecified atom stereocenters. The minimum atomic E-state index is -4.53. The molecule has 0 aliphatic rings. The highest BCUT2D eigenvalue weighted by molar-refractivity contribution is 7.16. The highest BCUT2D eigenvalue weighted by Gasteiger charge is 2.30. The Morgan fingerprint density at radius 1 is 1.20 bits per heavy atom. The zero-order valence-electron chi connectivity index (χ0n) is 13.0. The van der Waals surface area contributed by atoms with Crippen LogP contribution in [0.3, 0.4) is 0 Å². The molecular formula is C17H12F4N2OS. The van der Waals surface area contributed by atoms with Crippen molar-refractivity contribution in [1.82, 2.24) is 4.57 Å². The maximum absolute atomic E-state index is 13.4. The molecule has 3 nitrogen and oxygen atoms in total. The van der Waals surface area contributed by atoms with Gasteiger partial charge in [0.1, 0.15) is 5.82 Å². The van der Waals surface area contributed by atoms with E-state index in [1.807, 2.05) is 6.92 Å². The van der Waals surface area contributed by atoms with E-state index in [4.69, 9.17) is 0 Å². The number of carbonyl (C=O) groups is 1. The smallest absolute Gasteiger partial charge is 0.317 e. The largest absolute Gasteiger partial charge is 0.416 e. The second-order valence-corrected chi connectivity index (χ2v) is 6.25. The summed E-state index contributed by atoms with van der Waals surface area (Å²) >= 11 is 1.11. The molecule has 0 atom stereocenters. The number of alkyl halides is 3. The Kier molecular flexibility index (Phi) is 4.47. The van der Waals surface area contributed by atoms with Gasteiger partial charge in [0.2, 0.25) is 0 Å². The van der Waals surface area contributed by atoms with E-state index in [0.29, 0.717) is 21.6 Å². The molecule has 0 N–H and O–H groups in total. The lowest BCUT2D eigenvalue weighted by Crippen LogP contribution is -2.16. The number of halogens is 4. The highest BCUT2D eigenvalue weighted by atomic mass is 32.1. The topological polar surface area (TPSA) is 34.4 Å². The van der Waals surface area contributed by atoms with Gasteiger partial charge in [-0.05, 0) is 43.3 Å². The molecule has 0 spiro atoms. The number of nitrogens with zero attached hydrogens (tertiary/aromatic N) is 2. The van der Waals surface area contributed by atoms with Gasteiger partial charge in [0.25, 0.3) is 5.91 Å². The fraction of sp³-hybridized carbons (Fsp3) is 0.176. The van der Waals surface area contributed by atoms with Crippen LogP contribution in [0.25, 0.3) is 10.2 Å². The van der Waals surface area contributed by atoms with Gasteiger partial charge in [-0.2, -0.15) is 18.2 Å². The van der Waals surface area contributed by atoms with Gasteiger partial charge in [0, 0.05) is 12.1 Å². The number of amides is 1. The lowest BCUT2D eigenvalue weighted by Gasteiger charge is -2.06. The van der Waals surface area contributed by atoms with Gasteiger partial charge in [-0.3, -0.25) is 4.79 Å². The molecule has 0 aliphatic carbocycles. The average Bonchev–Trinajstić information content (AvgIpc) is 2.90. The molecule has 0 saturated carbocycles. The summed E-state index contributed by atoms with van der Waals surface area (Å²) in [6, 6.07) is 8.34. The van der Waals surface area contributed by atoms with E-state index >= 15 is 0 Å². The van der Waals surface area contributed by atoms with Gasteiger partial charge < -0.3 is 4.57 Å². The van der Waals surface area contributed by atoms with Crippen LogP contribution in [-0.2, 0) is 12.7 Å². The van der Waals surface area contributed by atoms with Crippen molar-refractivity contribution in [3.05, 3.63) is 64.2 Å². The van der Waals surface area contributed by atoms with E-state index in [-0.39, 0.29) is 5.56 Å². The number of carbonyl (C=O) groups excluding carboxylic acids is 1. The van der Waals surface area contributed by atoms with Crippen LogP contribution in [0.1, 0.15) is 22.8 Å². The van der Waals surface area contributed by atoms with Crippen LogP contribution in [0.15, 0.2) is 47.5 Å². The van der Waals surface area contributed by atoms with E-state index in [9.17, 15) is 22.4 Å². The Labute approximate surface area is 143 Å². The van der Waals surface area contributed by atoms with Crippen molar-refractivity contribution in [3.8, 4) is 0 Å². The molecule has 130 valence electrons. The van der Waals surface area contributed by atoms with Crippen LogP contribution in [0.5, 0.6) is 0 Å². The Balaban J connectivity index is 2.09. The fourth-order valence-corrected chi connectivity index (χ4v) is 3.54. The SMILES string of the molecule is CCn1c(=NC(=O)c2cccc(C(F)(F)F)c2)sc2cc(F)ccc21. The summed E-state index contributed by atoms with van der Waals surface area (Å²) in [7, 11) is 0. The Morgan fingerprint density at radius 3 is 2.64 bits per heavy atom. The number of aryl methyl sites for hydroxylation is 1. The van der Waals surface area contributed by atoms with Gasteiger partial charge in [-0.1, -0.05) is 17.4 Å². The van der Waals surface area contributed by atoms with Crippen molar-refractivity contribution >= 4 is 27.5 Å². The van der Waals surface area contributed by atoms with Crippen molar-refractivity contribution in [2.45, 2.75) is 19.6 Å². The van der Waals surface area contributed by atoms with Crippen LogP contribution < -0.4 is 4.80 Å². The van der Waals surface area contributed by atoms with Crippen LogP contribution in [0, 0.1) is 5.82 Å². The normalized spacial score (nSPS) is 12.8. The first kappa shape index (κ1) is 17.3. The summed E-state index contributed by atoms with van der Waals surface area (Å²) in [6.45, 7) is 2.32. The molecule has 8 heteroatoms. The third kappa shape index (κ3) is 3.48. The van der Waals surface area contributed by atoms with Gasteiger partial charge in [0.15, 0.2) is 4.80 Å². The summed E-state index contributed by atoms with van der Waals surface area (Å²) in [6.07, 6.45) is -4.53. The third-order valence-electron chi connectivity index (χ3n) is 3.60. The minimum Gasteiger partial charge on any atom is -0.317 e. The first-order chi connectivity index (χ1) is 11.8. The van der Waals surface area contributed by atoms with E-state index in [0.717, 1.165) is 23.5 Å². The van der Waals surface area contributed by atoms with Crippen LogP contribution in [0.4, 0.5) is 17.6 Å². The summed E-state index contributed by atoms with van der Waals surface area (Å²) in [4.78, 5) is 16.5. The molecule has 1 aromatic heterocycles. The zero-order chi connectivity index (χ0) is 18.2. The van der Waals surface area contributed by atoms with Crippen molar-refractivity contribution in [2.75, 3.05) is 0 Å². The minimum absolute atomic E-state index is 0.152. The van der Waals surface area contributed by atoms with Gasteiger partial charge in [0.05, 0.1) is 15.8 Å². The van der Waals surface area contributed by atoms with Crippen molar-refractivity contribution in [2.24, 2.45) is 4.99 Å². The summed E-state index contributed by atoms with van der Waals surface area (Å²) in [5.41, 5.74) is -0.346. The molecule has 0 aliphatic heterocycles. The van der Waals surface area contributed by atoms with E-state index in [1.165, 1.54) is 24.3 Å². The zero-order valence-corrected chi connectivity index (χ0v) is 13.8. The van der Waals surface area contributed by atoms with E-state index < -0.39 is 23.5 Å². The fourth-order valence-electron chi connectivity index (χ4n) is 2.42. The second-order valence-electron chi connectivity index (χ2n) is 5.24. The van der Waals surface area contributed by atoms with Gasteiger partial charge >= 0.3 is 6.18 Å². The molecule has 0 saturated heterocycles. The van der Waals surface area contributed by atoms with Crippen molar-refractivity contribution < 1.29 is 22.4 Å². The maximum Gasteiger partial charge on any atom is 0.416 e. The highest BCUT2D eigenvalue weighted by Crippen LogP contribution is 2.29. The number of hydrogen-bond acceptors (Lipinski definition) is 2. The van der Waals surface area contributed by atoms with Gasteiger partial charge in [-0.15, -0.1) is 0 Å². The Hall–Kier alpha value is -2.48. The lowest BCUT2D eigenvalue weighted by molar-refractivity contribution is -0.137. The Bertz CT molecular complexity index is 1020. The monoisotopic (exact) mass is 368 g/mol. The molecule has 25 heavy (non-hydrogen) atoms. The van der Waals surface area contributed by atoms with Crippen LogP contribution in [0.2, 0.25) is 0 Å². The number of fused-ring (bicyclic) bond motifs is 1. The number of benzene rings is 2. The second kappa shape index (κ2) is 6.44. The van der Waals surface area contributed by atoms with E-state index in [2.05, 4.69) is 4.99 Å². The number of thiazole rings is 1. The van der Waals surface area contributed by atoms with E-state index in [1.54, 1.807) is 10.6 Å². The molecule has 0 radical (unpaired) electrons. The first-order valence-electron chi connectivity index (χ1n) is 7.35. The molecule has 2 aromatic carbocycles. The molecule has 1 heterocycles. The number of rotatable bonds is 2. The maximum atomic E-state index is 13.4. The Morgan fingerprint density at radius 2 is 1.96 bits per heavy atom. The summed E-state index contributed by atoms with van der Waals surface area (Å²) < 4.78 is 54.0. The standard InChI is InChI=1S/C17H12F4N2OS/c1-2-23-13-7-6-12(18)9-14(13)25-16(23)22-15(24)10-4-3-5-11(8-10)17(19,20)21/h3-9H,2H2,1H3. The number of aromatic nitrogens is 1. The molecular weight excluding hydrogens is 356 g/mol. The first-order valence-corrected chi connectivity index (χ1v) is 8.16. The van der Waals surface area contributed by atoms with Crippen molar-refractivity contribution in [3.63, 3.8) is 0 Å². The third-order valence-corrected chi connectivity index (χ3v) is 4.64. The predicted molar refractivity (Wildman–Crippen MR) is 86.8 cm³/mol. The average molecular weight is 368 g/mol. The quantitative estimate of drug-likeness (QED) is 0.608. The lowest BCUT2D eigenvalue weighted by atomic mass is 10.1. The number of hydrogen-bond donors (Lipinski definition) is 0. The molecule has 3 aromatic rings. The van der Waals surface area contributed by atoms with Crippen LogP contribution in [-0.4, -0.2) is 10.5 Å². The predicted octanol–water partition coefficient (Wildman–Crippen LogP) is 4.62. The molecule has 1 amide bonds. The summed E-state index contributed by atoms with van der Waals surface area (Å²) in [5, 5.41) is 0. The van der Waals surface area contributed by atoms with Gasteiger partial charge in [-0.25, -0.2) is 4.39 Å². The molecule has 0 bridgehead atoms. The molecule has 0 fully saturated rings.